The van der Waals surface area contributed by atoms with Gasteiger partial charge >= 0.3 is 5.97 Å². The quantitative estimate of drug-likeness (QED) is 0.395. The van der Waals surface area contributed by atoms with E-state index in [1.165, 1.54) is 17.8 Å². The molecule has 0 bridgehead atoms. The maximum absolute atomic E-state index is 9.88. The summed E-state index contributed by atoms with van der Waals surface area (Å²) in [6.07, 6.45) is 2.55. The van der Waals surface area contributed by atoms with Gasteiger partial charge in [0.2, 0.25) is 0 Å². The summed E-state index contributed by atoms with van der Waals surface area (Å²) in [5.41, 5.74) is 5.12. The predicted molar refractivity (Wildman–Crippen MR) is 57.5 cm³/mol. The maximum Gasteiger partial charge on any atom is 0.328 e. The minimum Gasteiger partial charge on any atom is -0.478 e. The average Bonchev–Trinajstić information content (AvgIpc) is 1.79. The van der Waals surface area contributed by atoms with Gasteiger partial charge in [-0.1, -0.05) is 30.1 Å². The third-order valence-corrected chi connectivity index (χ3v) is 1.58. The van der Waals surface area contributed by atoms with Crippen molar-refractivity contribution in [2.24, 2.45) is 5.73 Å². The van der Waals surface area contributed by atoms with Crippen LogP contribution >= 0.6 is 24.0 Å². The first-order valence-corrected chi connectivity index (χ1v) is 3.84. The van der Waals surface area contributed by atoms with Crippen molar-refractivity contribution in [1.29, 1.82) is 0 Å². The Kier molecular flexibility index (Phi) is 19.8. The van der Waals surface area contributed by atoms with E-state index in [4.69, 9.17) is 10.8 Å². The molecule has 7 heteroatoms. The minimum absolute atomic E-state index is 0. The Bertz CT molecular complexity index is 175. The molecule has 2 radical (unpaired) electrons. The number of rotatable bonds is 3. The molecule has 0 heterocycles. The molecule has 0 atom stereocenters. The van der Waals surface area contributed by atoms with Crippen molar-refractivity contribution in [2.45, 2.75) is 0 Å². The Morgan fingerprint density at radius 2 is 2.08 bits per heavy atom. The van der Waals surface area contributed by atoms with Gasteiger partial charge < -0.3 is 10.8 Å². The standard InChI is InChI=1S/C5H7NO2S2.2Na/c6-5(9)10-3-1-2-4(7)8;;/h1-2H,3H2,(H2,6,9)(H,7,8);;. The molecule has 0 aliphatic heterocycles. The Labute approximate surface area is 125 Å². The van der Waals surface area contributed by atoms with Crippen LogP contribution in [0.25, 0.3) is 0 Å². The van der Waals surface area contributed by atoms with Crippen LogP contribution in [-0.4, -0.2) is 80.3 Å². The molecular weight excluding hydrogens is 216 g/mol. The Balaban J connectivity index is -0.000000405. The van der Waals surface area contributed by atoms with Crippen molar-refractivity contribution in [3.05, 3.63) is 12.2 Å². The molecule has 0 aliphatic rings. The van der Waals surface area contributed by atoms with E-state index in [9.17, 15) is 4.79 Å². The maximum atomic E-state index is 9.88. The van der Waals surface area contributed by atoms with Crippen LogP contribution in [0.5, 0.6) is 0 Å². The van der Waals surface area contributed by atoms with Gasteiger partial charge in [-0.25, -0.2) is 4.79 Å². The number of nitrogens with two attached hydrogens (primary N) is 1. The molecule has 0 amide bonds. The van der Waals surface area contributed by atoms with Gasteiger partial charge in [0.05, 0.1) is 0 Å². The third kappa shape index (κ3) is 17.5. The van der Waals surface area contributed by atoms with E-state index in [0.29, 0.717) is 10.1 Å². The fraction of sp³-hybridized carbons (Fsp3) is 0.200. The molecule has 0 aliphatic carbocycles. The van der Waals surface area contributed by atoms with Crippen molar-refractivity contribution in [3.8, 4) is 0 Å². The molecule has 0 spiro atoms. The van der Waals surface area contributed by atoms with Crippen LogP contribution in [0.4, 0.5) is 0 Å². The smallest absolute Gasteiger partial charge is 0.328 e. The van der Waals surface area contributed by atoms with Crippen LogP contribution in [-0.2, 0) is 4.79 Å². The second-order valence-corrected chi connectivity index (χ2v) is 3.13. The van der Waals surface area contributed by atoms with E-state index in [0.717, 1.165) is 6.08 Å². The molecule has 0 fully saturated rings. The number of aliphatic carboxylic acids is 1. The zero-order chi connectivity index (χ0) is 7.98. The van der Waals surface area contributed by atoms with Gasteiger partial charge in [0.25, 0.3) is 0 Å². The zero-order valence-electron chi connectivity index (χ0n) is 7.11. The molecule has 0 saturated heterocycles. The van der Waals surface area contributed by atoms with Crippen LogP contribution in [0.3, 0.4) is 0 Å². The van der Waals surface area contributed by atoms with Gasteiger partial charge in [-0.05, 0) is 0 Å². The number of carbonyl (C=O) groups is 1. The van der Waals surface area contributed by atoms with Crippen molar-refractivity contribution in [3.63, 3.8) is 0 Å². The number of hydrogen-bond acceptors (Lipinski definition) is 3. The Morgan fingerprint density at radius 3 is 2.42 bits per heavy atom. The fourth-order valence-corrected chi connectivity index (χ4v) is 0.840. The molecule has 0 rings (SSSR count). The molecule has 58 valence electrons. The predicted octanol–water partition coefficient (Wildman–Crippen LogP) is -0.158. The fourth-order valence-electron chi connectivity index (χ4n) is 0.279. The molecule has 12 heavy (non-hydrogen) atoms. The van der Waals surface area contributed by atoms with Gasteiger partial charge in [0.15, 0.2) is 0 Å². The topological polar surface area (TPSA) is 63.3 Å². The SMILES string of the molecule is NC(=S)SCC=CC(=O)O.[Na].[Na]. The van der Waals surface area contributed by atoms with Gasteiger partial charge in [-0.2, -0.15) is 0 Å². The summed E-state index contributed by atoms with van der Waals surface area (Å²) in [7, 11) is 0. The Morgan fingerprint density at radius 1 is 1.58 bits per heavy atom. The zero-order valence-corrected chi connectivity index (χ0v) is 12.7. The number of carboxylic acid groups (broad SMARTS) is 1. The molecule has 3 N–H and O–H groups in total. The van der Waals surface area contributed by atoms with Crippen LogP contribution in [0.2, 0.25) is 0 Å². The molecule has 0 aromatic carbocycles. The second kappa shape index (κ2) is 12.4. The Hall–Kier alpha value is 1.45. The van der Waals surface area contributed by atoms with E-state index < -0.39 is 5.97 Å². The first-order chi connectivity index (χ1) is 4.63. The second-order valence-electron chi connectivity index (χ2n) is 1.37. The normalized spacial score (nSPS) is 8.33. The largest absolute Gasteiger partial charge is 0.478 e. The van der Waals surface area contributed by atoms with Crippen LogP contribution in [0.1, 0.15) is 0 Å². The first-order valence-electron chi connectivity index (χ1n) is 2.44. The van der Waals surface area contributed by atoms with Crippen LogP contribution in [0, 0.1) is 0 Å². The van der Waals surface area contributed by atoms with Gasteiger partial charge in [-0.3, -0.25) is 0 Å². The minimum atomic E-state index is -0.955. The molecule has 0 aromatic rings. The summed E-state index contributed by atoms with van der Waals surface area (Å²) in [6.45, 7) is 0. The monoisotopic (exact) mass is 223 g/mol. The van der Waals surface area contributed by atoms with Crippen molar-refractivity contribution >= 4 is 93.4 Å². The van der Waals surface area contributed by atoms with Gasteiger partial charge in [0, 0.05) is 70.9 Å². The van der Waals surface area contributed by atoms with Gasteiger partial charge in [0.1, 0.15) is 4.32 Å². The summed E-state index contributed by atoms with van der Waals surface area (Å²) >= 11 is 5.77. The van der Waals surface area contributed by atoms with Crippen molar-refractivity contribution < 1.29 is 9.90 Å². The number of hydrogen-bond donors (Lipinski definition) is 2. The summed E-state index contributed by atoms with van der Waals surface area (Å²) < 4.78 is 0.329. The van der Waals surface area contributed by atoms with E-state index in [2.05, 4.69) is 12.2 Å². The van der Waals surface area contributed by atoms with E-state index >= 15 is 0 Å². The molecule has 0 saturated carbocycles. The molecular formula is C5H7NNa2O2S2. The molecule has 3 nitrogen and oxygen atoms in total. The first kappa shape index (κ1) is 19.1. The summed E-state index contributed by atoms with van der Waals surface area (Å²) in [5, 5.41) is 8.12. The number of carboxylic acids is 1. The van der Waals surface area contributed by atoms with Crippen molar-refractivity contribution in [1.82, 2.24) is 0 Å². The van der Waals surface area contributed by atoms with E-state index in [-0.39, 0.29) is 59.1 Å². The van der Waals surface area contributed by atoms with Gasteiger partial charge in [-0.15, -0.1) is 0 Å². The molecule has 0 unspecified atom stereocenters. The summed E-state index contributed by atoms with van der Waals surface area (Å²) in [6, 6.07) is 0. The number of thiocarbonyl (C=S) groups is 1. The summed E-state index contributed by atoms with van der Waals surface area (Å²) in [5.74, 6) is -0.440. The molecule has 0 aromatic heterocycles. The van der Waals surface area contributed by atoms with E-state index in [1.807, 2.05) is 0 Å². The number of thioether (sulfide) groups is 1. The van der Waals surface area contributed by atoms with Crippen LogP contribution in [0.15, 0.2) is 12.2 Å². The van der Waals surface area contributed by atoms with Crippen LogP contribution < -0.4 is 5.73 Å². The van der Waals surface area contributed by atoms with Crippen molar-refractivity contribution in [2.75, 3.05) is 5.75 Å². The third-order valence-electron chi connectivity index (χ3n) is 0.582. The average molecular weight is 223 g/mol. The summed E-state index contributed by atoms with van der Waals surface area (Å²) in [4.78, 5) is 9.88. The van der Waals surface area contributed by atoms with E-state index in [1.54, 1.807) is 0 Å².